The zero-order chi connectivity index (χ0) is 11.6. The van der Waals surface area contributed by atoms with E-state index >= 15 is 0 Å². The highest BCUT2D eigenvalue weighted by atomic mass is 35.5. The van der Waals surface area contributed by atoms with Crippen molar-refractivity contribution in [3.05, 3.63) is 35.6 Å². The molecule has 0 aromatic heterocycles. The molecule has 0 unspecified atom stereocenters. The molecule has 1 aliphatic carbocycles. The minimum Gasteiger partial charge on any atom is -0.345 e. The fourth-order valence-corrected chi connectivity index (χ4v) is 1.87. The van der Waals surface area contributed by atoms with E-state index in [2.05, 4.69) is 10.6 Å². The lowest BCUT2D eigenvalue weighted by atomic mass is 10.0. The van der Waals surface area contributed by atoms with Gasteiger partial charge in [0.1, 0.15) is 5.82 Å². The third-order valence-corrected chi connectivity index (χ3v) is 2.84. The molecule has 2 rings (SSSR count). The zero-order valence-electron chi connectivity index (χ0n) is 9.63. The molecule has 1 aromatic carbocycles. The van der Waals surface area contributed by atoms with Gasteiger partial charge in [-0.05, 0) is 37.6 Å². The summed E-state index contributed by atoms with van der Waals surface area (Å²) in [7, 11) is 1.72. The zero-order valence-corrected chi connectivity index (χ0v) is 10.4. The lowest BCUT2D eigenvalue weighted by Crippen LogP contribution is -2.39. The molecule has 94 valence electrons. The maximum atomic E-state index is 13.1. The normalized spacial score (nSPS) is 15.9. The molecule has 1 saturated carbocycles. The van der Waals surface area contributed by atoms with Crippen molar-refractivity contribution in [1.82, 2.24) is 10.6 Å². The van der Waals surface area contributed by atoms with Crippen molar-refractivity contribution < 1.29 is 9.18 Å². The average molecular weight is 259 g/mol. The molecule has 0 heterocycles. The van der Waals surface area contributed by atoms with Crippen LogP contribution < -0.4 is 10.6 Å². The number of benzene rings is 1. The molecule has 0 bridgehead atoms. The lowest BCUT2D eigenvalue weighted by Gasteiger charge is -2.17. The number of nitrogens with one attached hydrogen (secondary N) is 2. The highest BCUT2D eigenvalue weighted by Gasteiger charge is 2.45. The van der Waals surface area contributed by atoms with Crippen molar-refractivity contribution in [2.75, 3.05) is 13.6 Å². The summed E-state index contributed by atoms with van der Waals surface area (Å²) >= 11 is 0. The maximum Gasteiger partial charge on any atom is 0.234 e. The van der Waals surface area contributed by atoms with E-state index in [-0.39, 0.29) is 36.2 Å². The second-order valence-corrected chi connectivity index (χ2v) is 4.17. The van der Waals surface area contributed by atoms with Crippen LogP contribution in [0.5, 0.6) is 0 Å². The number of carbonyl (C=O) groups excluding carboxylic acids is 1. The molecular weight excluding hydrogens is 243 g/mol. The summed E-state index contributed by atoms with van der Waals surface area (Å²) in [4.78, 5) is 11.5. The minimum atomic E-state index is -0.323. The smallest absolute Gasteiger partial charge is 0.234 e. The van der Waals surface area contributed by atoms with Crippen LogP contribution in [0.25, 0.3) is 0 Å². The van der Waals surface area contributed by atoms with Crippen LogP contribution in [-0.2, 0) is 10.3 Å². The highest BCUT2D eigenvalue weighted by molar-refractivity contribution is 5.85. The quantitative estimate of drug-likeness (QED) is 0.861. The van der Waals surface area contributed by atoms with Gasteiger partial charge in [-0.15, -0.1) is 12.4 Å². The Morgan fingerprint density at radius 2 is 2.18 bits per heavy atom. The van der Waals surface area contributed by atoms with E-state index in [0.29, 0.717) is 0 Å². The molecule has 2 N–H and O–H groups in total. The average Bonchev–Trinajstić information content (AvgIpc) is 2.99. The van der Waals surface area contributed by atoms with Crippen LogP contribution in [0.15, 0.2) is 24.3 Å². The van der Waals surface area contributed by atoms with Gasteiger partial charge in [0.25, 0.3) is 0 Å². The summed E-state index contributed by atoms with van der Waals surface area (Å²) in [6.45, 7) is 0.289. The van der Waals surface area contributed by atoms with Crippen LogP contribution in [0, 0.1) is 5.82 Å². The van der Waals surface area contributed by atoms with Gasteiger partial charge in [0.2, 0.25) is 5.91 Å². The van der Waals surface area contributed by atoms with Crippen molar-refractivity contribution in [3.63, 3.8) is 0 Å². The second kappa shape index (κ2) is 5.47. The maximum absolute atomic E-state index is 13.1. The number of carbonyl (C=O) groups is 1. The molecule has 0 spiro atoms. The Bertz CT molecular complexity index is 407. The molecule has 5 heteroatoms. The molecule has 3 nitrogen and oxygen atoms in total. The lowest BCUT2D eigenvalue weighted by molar-refractivity contribution is -0.121. The van der Waals surface area contributed by atoms with E-state index in [4.69, 9.17) is 0 Å². The Morgan fingerprint density at radius 3 is 2.71 bits per heavy atom. The summed E-state index contributed by atoms with van der Waals surface area (Å²) in [6, 6.07) is 6.44. The Labute approximate surface area is 106 Å². The third-order valence-electron chi connectivity index (χ3n) is 2.84. The Morgan fingerprint density at radius 1 is 1.47 bits per heavy atom. The fourth-order valence-electron chi connectivity index (χ4n) is 1.87. The van der Waals surface area contributed by atoms with Crippen molar-refractivity contribution >= 4 is 18.3 Å². The molecule has 0 aliphatic heterocycles. The van der Waals surface area contributed by atoms with Gasteiger partial charge >= 0.3 is 0 Å². The van der Waals surface area contributed by atoms with Gasteiger partial charge in [0.15, 0.2) is 0 Å². The number of hydrogen-bond acceptors (Lipinski definition) is 2. The molecule has 0 radical (unpaired) electrons. The van der Waals surface area contributed by atoms with E-state index in [1.54, 1.807) is 13.1 Å². The van der Waals surface area contributed by atoms with Crippen LogP contribution >= 0.6 is 12.4 Å². The van der Waals surface area contributed by atoms with E-state index in [0.717, 1.165) is 18.4 Å². The Kier molecular flexibility index (Phi) is 4.48. The SMILES string of the molecule is CNCC(=O)NC1(c2cccc(F)c2)CC1.Cl. The summed E-state index contributed by atoms with van der Waals surface area (Å²) in [5.74, 6) is -0.309. The van der Waals surface area contributed by atoms with Crippen molar-refractivity contribution in [3.8, 4) is 0 Å². The third kappa shape index (κ3) is 3.17. The van der Waals surface area contributed by atoms with E-state index in [1.165, 1.54) is 12.1 Å². The van der Waals surface area contributed by atoms with Gasteiger partial charge in [-0.2, -0.15) is 0 Å². The van der Waals surface area contributed by atoms with Gasteiger partial charge in [-0.3, -0.25) is 4.79 Å². The first kappa shape index (κ1) is 13.9. The standard InChI is InChI=1S/C12H15FN2O.ClH/c1-14-8-11(16)15-12(5-6-12)9-3-2-4-10(13)7-9;/h2-4,7,14H,5-6,8H2,1H3,(H,15,16);1H. The first-order chi connectivity index (χ1) is 7.66. The molecule has 1 aliphatic rings. The highest BCUT2D eigenvalue weighted by Crippen LogP contribution is 2.45. The molecule has 1 fully saturated rings. The fraction of sp³-hybridized carbons (Fsp3) is 0.417. The summed E-state index contributed by atoms with van der Waals surface area (Å²) in [5.41, 5.74) is 0.535. The van der Waals surface area contributed by atoms with Crippen LogP contribution in [0.4, 0.5) is 4.39 Å². The van der Waals surface area contributed by atoms with Crippen LogP contribution in [0.3, 0.4) is 0 Å². The van der Waals surface area contributed by atoms with Crippen LogP contribution in [-0.4, -0.2) is 19.5 Å². The molecular formula is C12H16ClFN2O. The summed E-state index contributed by atoms with van der Waals surface area (Å²) < 4.78 is 13.1. The Hall–Kier alpha value is -1.13. The van der Waals surface area contributed by atoms with Crippen LogP contribution in [0.1, 0.15) is 18.4 Å². The van der Waals surface area contributed by atoms with Crippen molar-refractivity contribution in [1.29, 1.82) is 0 Å². The summed E-state index contributed by atoms with van der Waals surface area (Å²) in [5, 5.41) is 5.74. The number of rotatable bonds is 4. The monoisotopic (exact) mass is 258 g/mol. The van der Waals surface area contributed by atoms with E-state index < -0.39 is 0 Å². The largest absolute Gasteiger partial charge is 0.345 e. The van der Waals surface area contributed by atoms with E-state index in [9.17, 15) is 9.18 Å². The van der Waals surface area contributed by atoms with Gasteiger partial charge in [-0.1, -0.05) is 12.1 Å². The Balaban J connectivity index is 0.00000144. The number of amides is 1. The molecule has 1 aromatic rings. The molecule has 1 amide bonds. The molecule has 17 heavy (non-hydrogen) atoms. The predicted octanol–water partition coefficient (Wildman–Crippen LogP) is 1.57. The van der Waals surface area contributed by atoms with Gasteiger partial charge < -0.3 is 10.6 Å². The van der Waals surface area contributed by atoms with Crippen molar-refractivity contribution in [2.24, 2.45) is 0 Å². The molecule has 0 saturated heterocycles. The number of hydrogen-bond donors (Lipinski definition) is 2. The second-order valence-electron chi connectivity index (χ2n) is 4.17. The minimum absolute atomic E-state index is 0. The first-order valence-corrected chi connectivity index (χ1v) is 5.38. The number of likely N-dealkylation sites (N-methyl/N-ethyl adjacent to an activating group) is 1. The number of halogens is 2. The van der Waals surface area contributed by atoms with Gasteiger partial charge in [0, 0.05) is 0 Å². The first-order valence-electron chi connectivity index (χ1n) is 5.38. The molecule has 0 atom stereocenters. The predicted molar refractivity (Wildman–Crippen MR) is 66.6 cm³/mol. The van der Waals surface area contributed by atoms with Crippen molar-refractivity contribution in [2.45, 2.75) is 18.4 Å². The van der Waals surface area contributed by atoms with Crippen LogP contribution in [0.2, 0.25) is 0 Å². The van der Waals surface area contributed by atoms with E-state index in [1.807, 2.05) is 6.07 Å². The summed E-state index contributed by atoms with van der Waals surface area (Å²) in [6.07, 6.45) is 1.76. The topological polar surface area (TPSA) is 41.1 Å². The van der Waals surface area contributed by atoms with Gasteiger partial charge in [-0.25, -0.2) is 4.39 Å². The van der Waals surface area contributed by atoms with Gasteiger partial charge in [0.05, 0.1) is 12.1 Å².